The highest BCUT2D eigenvalue weighted by atomic mass is 79.9. The lowest BCUT2D eigenvalue weighted by atomic mass is 9.87. The molecule has 0 spiro atoms. The fourth-order valence-electron chi connectivity index (χ4n) is 4.12. The molecule has 5 heteroatoms. The molecule has 0 unspecified atom stereocenters. The highest BCUT2D eigenvalue weighted by Gasteiger charge is 2.24. The third kappa shape index (κ3) is 4.26. The second-order valence-corrected chi connectivity index (χ2v) is 8.47. The van der Waals surface area contributed by atoms with Gasteiger partial charge in [-0.2, -0.15) is 0 Å². The summed E-state index contributed by atoms with van der Waals surface area (Å²) in [5.41, 5.74) is 4.60. The minimum absolute atomic E-state index is 0.170. The van der Waals surface area contributed by atoms with Crippen molar-refractivity contribution in [2.45, 2.75) is 31.8 Å². The summed E-state index contributed by atoms with van der Waals surface area (Å²) in [5, 5.41) is 9.94. The smallest absolute Gasteiger partial charge is 0.119 e. The molecule has 1 aliphatic carbocycles. The molecule has 2 aromatic carbocycles. The predicted octanol–water partition coefficient (Wildman–Crippen LogP) is 5.31. The van der Waals surface area contributed by atoms with Crippen LogP contribution in [0.5, 0.6) is 11.5 Å². The lowest BCUT2D eigenvalue weighted by Gasteiger charge is -2.22. The number of nitrogens with zero attached hydrogens (tertiary/aromatic N) is 1. The molecule has 1 aliphatic heterocycles. The molecule has 28 heavy (non-hydrogen) atoms. The Hall–Kier alpha value is -1.85. The zero-order chi connectivity index (χ0) is 19.5. The average molecular weight is 446 g/mol. The van der Waals surface area contributed by atoms with Crippen LogP contribution in [0.1, 0.15) is 36.0 Å². The Morgan fingerprint density at radius 2 is 1.96 bits per heavy atom. The molecule has 1 N–H and O–H groups in total. The summed E-state index contributed by atoms with van der Waals surface area (Å²) >= 11 is 3.74. The normalized spacial score (nSPS) is 19.7. The van der Waals surface area contributed by atoms with Crippen LogP contribution in [0.3, 0.4) is 0 Å². The number of phenolic OH excluding ortho intramolecular Hbond substituents is 1. The number of halogens is 2. The minimum Gasteiger partial charge on any atom is -0.508 e. The Balaban J connectivity index is 1.48. The van der Waals surface area contributed by atoms with Crippen LogP contribution >= 0.6 is 15.9 Å². The first-order chi connectivity index (χ1) is 13.6. The van der Waals surface area contributed by atoms with Crippen LogP contribution in [0.4, 0.5) is 4.39 Å². The average Bonchev–Trinajstić information content (AvgIpc) is 3.14. The fraction of sp³-hybridized carbons (Fsp3) is 0.391. The lowest BCUT2D eigenvalue weighted by molar-refractivity contribution is 0.198. The van der Waals surface area contributed by atoms with Gasteiger partial charge in [-0.15, -0.1) is 0 Å². The Labute approximate surface area is 174 Å². The maximum atomic E-state index is 12.3. The molecule has 3 nitrogen and oxygen atoms in total. The molecule has 0 saturated carbocycles. The topological polar surface area (TPSA) is 32.7 Å². The van der Waals surface area contributed by atoms with E-state index in [1.165, 1.54) is 10.0 Å². The van der Waals surface area contributed by atoms with Gasteiger partial charge in [-0.1, -0.05) is 34.1 Å². The maximum absolute atomic E-state index is 12.3. The number of ether oxygens (including phenoxy) is 1. The molecule has 0 aromatic heterocycles. The number of alkyl halides is 1. The molecular formula is C23H25BrFNO2. The number of rotatable bonds is 6. The maximum Gasteiger partial charge on any atom is 0.119 e. The third-order valence-electron chi connectivity index (χ3n) is 5.53. The second kappa shape index (κ2) is 8.66. The van der Waals surface area contributed by atoms with Crippen molar-refractivity contribution >= 4 is 21.5 Å². The summed E-state index contributed by atoms with van der Waals surface area (Å²) in [6.45, 7) is 2.40. The first-order valence-electron chi connectivity index (χ1n) is 9.90. The summed E-state index contributed by atoms with van der Waals surface area (Å²) < 4.78 is 19.7. The predicted molar refractivity (Wildman–Crippen MR) is 114 cm³/mol. The van der Waals surface area contributed by atoms with Gasteiger partial charge in [-0.25, -0.2) is 0 Å². The van der Waals surface area contributed by atoms with Gasteiger partial charge in [0.15, 0.2) is 0 Å². The summed E-state index contributed by atoms with van der Waals surface area (Å²) in [7, 11) is 0. The first kappa shape index (κ1) is 19.5. The molecule has 2 aromatic rings. The molecule has 0 bridgehead atoms. The van der Waals surface area contributed by atoms with Gasteiger partial charge in [0.05, 0.1) is 6.67 Å². The summed E-state index contributed by atoms with van der Waals surface area (Å²) in [4.78, 5) is 2.27. The first-order valence-corrected chi connectivity index (χ1v) is 10.7. The Morgan fingerprint density at radius 3 is 2.75 bits per heavy atom. The van der Waals surface area contributed by atoms with Crippen molar-refractivity contribution in [3.63, 3.8) is 0 Å². The van der Waals surface area contributed by atoms with E-state index in [0.717, 1.165) is 61.3 Å². The molecule has 1 saturated heterocycles. The number of allylic oxidation sites excluding steroid dienone is 1. The van der Waals surface area contributed by atoms with Crippen molar-refractivity contribution in [1.29, 1.82) is 0 Å². The molecule has 0 radical (unpaired) electrons. The molecule has 2 aliphatic rings. The SMILES string of the molecule is Oc1ccc2c(c1)C(c1ccc(O[C@H]3CCN(CCCF)C3)cc1)=C(Br)CC2. The molecule has 1 heterocycles. The van der Waals surface area contributed by atoms with Crippen LogP contribution in [0.15, 0.2) is 46.9 Å². The van der Waals surface area contributed by atoms with Crippen LogP contribution in [-0.4, -0.2) is 42.4 Å². The molecule has 1 atom stereocenters. The fourth-order valence-corrected chi connectivity index (χ4v) is 4.76. The standard InChI is InChI=1S/C23H25BrFNO2/c24-22-9-5-16-2-6-18(27)14-21(16)23(22)17-3-7-19(8-4-17)28-20-10-13-26(15-20)12-1-11-25/h2-4,6-8,14,20,27H,1,5,9-13,15H2/t20-/m0/s1. The summed E-state index contributed by atoms with van der Waals surface area (Å²) in [5.74, 6) is 1.15. The number of likely N-dealkylation sites (tertiary alicyclic amines) is 1. The zero-order valence-corrected chi connectivity index (χ0v) is 17.4. The van der Waals surface area contributed by atoms with Crippen molar-refractivity contribution in [1.82, 2.24) is 4.90 Å². The van der Waals surface area contributed by atoms with E-state index in [2.05, 4.69) is 33.0 Å². The van der Waals surface area contributed by atoms with E-state index in [9.17, 15) is 9.50 Å². The molecular weight excluding hydrogens is 421 g/mol. The number of fused-ring (bicyclic) bond motifs is 1. The Kier molecular flexibility index (Phi) is 6.02. The lowest BCUT2D eigenvalue weighted by Crippen LogP contribution is -2.26. The van der Waals surface area contributed by atoms with Gasteiger partial charge in [-0.3, -0.25) is 9.29 Å². The Morgan fingerprint density at radius 1 is 1.14 bits per heavy atom. The van der Waals surface area contributed by atoms with Gasteiger partial charge in [0, 0.05) is 24.1 Å². The van der Waals surface area contributed by atoms with Crippen LogP contribution in [0.25, 0.3) is 5.57 Å². The second-order valence-electron chi connectivity index (χ2n) is 7.52. The van der Waals surface area contributed by atoms with Crippen molar-refractivity contribution in [3.8, 4) is 11.5 Å². The van der Waals surface area contributed by atoms with E-state index < -0.39 is 0 Å². The van der Waals surface area contributed by atoms with E-state index in [1.54, 1.807) is 6.07 Å². The van der Waals surface area contributed by atoms with E-state index in [4.69, 9.17) is 4.74 Å². The number of hydrogen-bond donors (Lipinski definition) is 1. The van der Waals surface area contributed by atoms with E-state index >= 15 is 0 Å². The van der Waals surface area contributed by atoms with Crippen LogP contribution in [-0.2, 0) is 6.42 Å². The molecule has 148 valence electrons. The number of phenols is 1. The summed E-state index contributed by atoms with van der Waals surface area (Å²) in [6, 6.07) is 13.8. The van der Waals surface area contributed by atoms with Gasteiger partial charge >= 0.3 is 0 Å². The van der Waals surface area contributed by atoms with Crippen molar-refractivity contribution in [3.05, 3.63) is 63.6 Å². The van der Waals surface area contributed by atoms with Gasteiger partial charge in [-0.05, 0) is 72.2 Å². The largest absolute Gasteiger partial charge is 0.508 e. The quantitative estimate of drug-likeness (QED) is 0.653. The molecule has 4 rings (SSSR count). The van der Waals surface area contributed by atoms with Crippen molar-refractivity contribution in [2.75, 3.05) is 26.3 Å². The Bertz CT molecular complexity index is 865. The number of aromatic hydroxyl groups is 1. The number of benzene rings is 2. The summed E-state index contributed by atoms with van der Waals surface area (Å²) in [6.07, 6.45) is 3.69. The zero-order valence-electron chi connectivity index (χ0n) is 15.8. The third-order valence-corrected chi connectivity index (χ3v) is 6.32. The van der Waals surface area contributed by atoms with Gasteiger partial charge in [0.25, 0.3) is 0 Å². The highest BCUT2D eigenvalue weighted by molar-refractivity contribution is 9.11. The van der Waals surface area contributed by atoms with Gasteiger partial charge in [0.2, 0.25) is 0 Å². The van der Waals surface area contributed by atoms with Crippen LogP contribution < -0.4 is 4.74 Å². The van der Waals surface area contributed by atoms with E-state index in [-0.39, 0.29) is 18.5 Å². The minimum atomic E-state index is -0.254. The van der Waals surface area contributed by atoms with Crippen LogP contribution in [0.2, 0.25) is 0 Å². The number of hydrogen-bond acceptors (Lipinski definition) is 3. The van der Waals surface area contributed by atoms with Crippen molar-refractivity contribution in [2.24, 2.45) is 0 Å². The monoisotopic (exact) mass is 445 g/mol. The van der Waals surface area contributed by atoms with E-state index in [1.807, 2.05) is 24.3 Å². The van der Waals surface area contributed by atoms with Gasteiger partial charge < -0.3 is 9.84 Å². The van der Waals surface area contributed by atoms with Crippen molar-refractivity contribution < 1.29 is 14.2 Å². The molecule has 1 fully saturated rings. The number of aryl methyl sites for hydroxylation is 1. The van der Waals surface area contributed by atoms with E-state index in [0.29, 0.717) is 6.42 Å². The molecule has 0 amide bonds. The van der Waals surface area contributed by atoms with Crippen LogP contribution in [0, 0.1) is 0 Å². The highest BCUT2D eigenvalue weighted by Crippen LogP contribution is 2.40. The van der Waals surface area contributed by atoms with Gasteiger partial charge in [0.1, 0.15) is 17.6 Å².